The van der Waals surface area contributed by atoms with Gasteiger partial charge in [0, 0.05) is 6.04 Å². The average molecular weight is 305 g/mol. The SMILES string of the molecule is CCCNC(CC(F)(F)F)c1cc(OC)c(OC)cc1C. The molecule has 1 unspecified atom stereocenters. The van der Waals surface area contributed by atoms with Crippen molar-refractivity contribution in [1.82, 2.24) is 5.32 Å². The summed E-state index contributed by atoms with van der Waals surface area (Å²) >= 11 is 0. The highest BCUT2D eigenvalue weighted by Crippen LogP contribution is 2.36. The summed E-state index contributed by atoms with van der Waals surface area (Å²) in [6.07, 6.45) is -4.38. The van der Waals surface area contributed by atoms with Gasteiger partial charge in [0.25, 0.3) is 0 Å². The highest BCUT2D eigenvalue weighted by atomic mass is 19.4. The van der Waals surface area contributed by atoms with Crippen LogP contribution >= 0.6 is 0 Å². The fourth-order valence-corrected chi connectivity index (χ4v) is 2.21. The summed E-state index contributed by atoms with van der Waals surface area (Å²) in [7, 11) is 2.97. The minimum absolute atomic E-state index is 0.434. The lowest BCUT2D eigenvalue weighted by atomic mass is 9.97. The van der Waals surface area contributed by atoms with Crippen LogP contribution in [-0.2, 0) is 0 Å². The Bertz CT molecular complexity index is 461. The van der Waals surface area contributed by atoms with E-state index >= 15 is 0 Å². The summed E-state index contributed by atoms with van der Waals surface area (Å²) in [5.41, 5.74) is 1.32. The third-order valence-electron chi connectivity index (χ3n) is 3.22. The molecule has 0 aliphatic rings. The molecule has 3 nitrogen and oxygen atoms in total. The first kappa shape index (κ1) is 17.6. The molecule has 0 saturated heterocycles. The van der Waals surface area contributed by atoms with Gasteiger partial charge in [0.1, 0.15) is 0 Å². The quantitative estimate of drug-likeness (QED) is 0.826. The first-order valence-corrected chi connectivity index (χ1v) is 6.85. The molecule has 1 aromatic carbocycles. The fraction of sp³-hybridized carbons (Fsp3) is 0.600. The molecule has 120 valence electrons. The van der Waals surface area contributed by atoms with Crippen molar-refractivity contribution >= 4 is 0 Å². The molecule has 0 amide bonds. The van der Waals surface area contributed by atoms with Gasteiger partial charge in [-0.2, -0.15) is 13.2 Å². The van der Waals surface area contributed by atoms with Crippen molar-refractivity contribution in [3.63, 3.8) is 0 Å². The number of hydrogen-bond acceptors (Lipinski definition) is 3. The van der Waals surface area contributed by atoms with Crippen LogP contribution in [0.4, 0.5) is 13.2 Å². The standard InChI is InChI=1S/C15H22F3NO2/c1-5-6-19-12(9-15(16,17)18)11-8-14(21-4)13(20-3)7-10(11)2/h7-8,12,19H,5-6,9H2,1-4H3. The second-order valence-electron chi connectivity index (χ2n) is 4.89. The molecule has 1 rings (SSSR count). The number of hydrogen-bond donors (Lipinski definition) is 1. The van der Waals surface area contributed by atoms with E-state index in [4.69, 9.17) is 9.47 Å². The van der Waals surface area contributed by atoms with E-state index in [1.807, 2.05) is 6.92 Å². The molecule has 6 heteroatoms. The van der Waals surface area contributed by atoms with Crippen LogP contribution in [0.15, 0.2) is 12.1 Å². The van der Waals surface area contributed by atoms with Gasteiger partial charge < -0.3 is 14.8 Å². The van der Waals surface area contributed by atoms with Crippen LogP contribution in [0, 0.1) is 6.92 Å². The Balaban J connectivity index is 3.16. The molecule has 21 heavy (non-hydrogen) atoms. The van der Waals surface area contributed by atoms with Crippen LogP contribution in [0.25, 0.3) is 0 Å². The molecule has 0 aromatic heterocycles. The number of methoxy groups -OCH3 is 2. The van der Waals surface area contributed by atoms with E-state index in [0.29, 0.717) is 23.6 Å². The van der Waals surface area contributed by atoms with Crippen molar-refractivity contribution in [2.75, 3.05) is 20.8 Å². The van der Waals surface area contributed by atoms with E-state index in [1.54, 1.807) is 19.1 Å². The Morgan fingerprint density at radius 3 is 2.19 bits per heavy atom. The fourth-order valence-electron chi connectivity index (χ4n) is 2.21. The zero-order valence-corrected chi connectivity index (χ0v) is 12.8. The van der Waals surface area contributed by atoms with E-state index in [1.165, 1.54) is 14.2 Å². The third-order valence-corrected chi connectivity index (χ3v) is 3.22. The van der Waals surface area contributed by atoms with E-state index in [-0.39, 0.29) is 0 Å². The summed E-state index contributed by atoms with van der Waals surface area (Å²) in [6.45, 7) is 4.21. The van der Waals surface area contributed by atoms with Crippen LogP contribution in [-0.4, -0.2) is 26.9 Å². The lowest BCUT2D eigenvalue weighted by Gasteiger charge is -2.23. The van der Waals surface area contributed by atoms with Gasteiger partial charge in [0.05, 0.1) is 20.6 Å². The molecule has 1 atom stereocenters. The van der Waals surface area contributed by atoms with Gasteiger partial charge in [0.15, 0.2) is 11.5 Å². The molecule has 0 saturated carbocycles. The Kier molecular flexibility index (Phi) is 6.33. The average Bonchev–Trinajstić information content (AvgIpc) is 2.42. The number of rotatable bonds is 7. The predicted octanol–water partition coefficient (Wildman–Crippen LogP) is 4.01. The lowest BCUT2D eigenvalue weighted by Crippen LogP contribution is -2.28. The zero-order valence-electron chi connectivity index (χ0n) is 12.8. The predicted molar refractivity (Wildman–Crippen MR) is 76.0 cm³/mol. The lowest BCUT2D eigenvalue weighted by molar-refractivity contribution is -0.140. The van der Waals surface area contributed by atoms with Crippen LogP contribution in [0.5, 0.6) is 11.5 Å². The normalized spacial score (nSPS) is 13.1. The van der Waals surface area contributed by atoms with Gasteiger partial charge in [-0.15, -0.1) is 0 Å². The molecule has 0 aliphatic heterocycles. The van der Waals surface area contributed by atoms with Crippen molar-refractivity contribution in [3.05, 3.63) is 23.3 Å². The topological polar surface area (TPSA) is 30.5 Å². The van der Waals surface area contributed by atoms with E-state index in [2.05, 4.69) is 5.32 Å². The first-order chi connectivity index (χ1) is 9.82. The minimum Gasteiger partial charge on any atom is -0.493 e. The minimum atomic E-state index is -4.23. The smallest absolute Gasteiger partial charge is 0.390 e. The summed E-state index contributed by atoms with van der Waals surface area (Å²) in [5.74, 6) is 0.948. The molecule has 0 radical (unpaired) electrons. The van der Waals surface area contributed by atoms with E-state index in [9.17, 15) is 13.2 Å². The number of alkyl halides is 3. The Morgan fingerprint density at radius 1 is 1.14 bits per heavy atom. The van der Waals surface area contributed by atoms with Crippen LogP contribution in [0.1, 0.15) is 36.9 Å². The maximum Gasteiger partial charge on any atom is 0.390 e. The molecular formula is C15H22F3NO2. The van der Waals surface area contributed by atoms with E-state index < -0.39 is 18.6 Å². The van der Waals surface area contributed by atoms with Crippen LogP contribution in [0.3, 0.4) is 0 Å². The first-order valence-electron chi connectivity index (χ1n) is 6.85. The number of benzene rings is 1. The van der Waals surface area contributed by atoms with Gasteiger partial charge in [-0.25, -0.2) is 0 Å². The molecule has 0 bridgehead atoms. The molecule has 0 fully saturated rings. The number of ether oxygens (including phenoxy) is 2. The number of halogens is 3. The zero-order chi connectivity index (χ0) is 16.0. The second kappa shape index (κ2) is 7.54. The summed E-state index contributed by atoms with van der Waals surface area (Å²) in [6, 6.07) is 2.53. The Morgan fingerprint density at radius 2 is 1.71 bits per heavy atom. The molecule has 0 aliphatic carbocycles. The third kappa shape index (κ3) is 5.12. The summed E-state index contributed by atoms with van der Waals surface area (Å²) < 4.78 is 48.7. The summed E-state index contributed by atoms with van der Waals surface area (Å²) in [5, 5.41) is 2.96. The highest BCUT2D eigenvalue weighted by molar-refractivity contribution is 5.48. The summed E-state index contributed by atoms with van der Waals surface area (Å²) in [4.78, 5) is 0. The van der Waals surface area contributed by atoms with Crippen LogP contribution < -0.4 is 14.8 Å². The van der Waals surface area contributed by atoms with Gasteiger partial charge >= 0.3 is 6.18 Å². The number of aryl methyl sites for hydroxylation is 1. The van der Waals surface area contributed by atoms with Gasteiger partial charge in [-0.05, 0) is 43.1 Å². The van der Waals surface area contributed by atoms with Gasteiger partial charge in [0.2, 0.25) is 0 Å². The van der Waals surface area contributed by atoms with Gasteiger partial charge in [-0.3, -0.25) is 0 Å². The van der Waals surface area contributed by atoms with Crippen molar-refractivity contribution in [1.29, 1.82) is 0 Å². The van der Waals surface area contributed by atoms with Crippen molar-refractivity contribution in [2.24, 2.45) is 0 Å². The van der Waals surface area contributed by atoms with Crippen molar-refractivity contribution < 1.29 is 22.6 Å². The van der Waals surface area contributed by atoms with Gasteiger partial charge in [-0.1, -0.05) is 6.92 Å². The number of nitrogens with one attached hydrogen (secondary N) is 1. The molecule has 1 aromatic rings. The van der Waals surface area contributed by atoms with Crippen LogP contribution in [0.2, 0.25) is 0 Å². The Hall–Kier alpha value is -1.43. The monoisotopic (exact) mass is 305 g/mol. The van der Waals surface area contributed by atoms with Crippen molar-refractivity contribution in [3.8, 4) is 11.5 Å². The maximum atomic E-state index is 12.8. The molecular weight excluding hydrogens is 283 g/mol. The van der Waals surface area contributed by atoms with Crippen molar-refractivity contribution in [2.45, 2.75) is 38.9 Å². The largest absolute Gasteiger partial charge is 0.493 e. The second-order valence-corrected chi connectivity index (χ2v) is 4.89. The molecule has 0 spiro atoms. The highest BCUT2D eigenvalue weighted by Gasteiger charge is 2.33. The molecule has 0 heterocycles. The maximum absolute atomic E-state index is 12.8. The Labute approximate surface area is 123 Å². The molecule has 1 N–H and O–H groups in total. The van der Waals surface area contributed by atoms with E-state index in [0.717, 1.165) is 12.0 Å².